The van der Waals surface area contributed by atoms with Crippen molar-refractivity contribution in [3.05, 3.63) is 23.4 Å². The highest BCUT2D eigenvalue weighted by atomic mass is 35.5. The van der Waals surface area contributed by atoms with E-state index in [4.69, 9.17) is 11.6 Å². The van der Waals surface area contributed by atoms with E-state index in [1.54, 1.807) is 12.1 Å². The third-order valence-corrected chi connectivity index (χ3v) is 2.04. The second kappa shape index (κ2) is 5.09. The van der Waals surface area contributed by atoms with Gasteiger partial charge in [0.15, 0.2) is 0 Å². The number of nitrogens with one attached hydrogen (secondary N) is 1. The molecule has 1 aromatic rings. The van der Waals surface area contributed by atoms with Gasteiger partial charge in [-0.3, -0.25) is 4.79 Å². The third kappa shape index (κ3) is 3.65. The Bertz CT molecular complexity index is 289. The molecule has 70 valence electrons. The maximum absolute atomic E-state index is 11.1. The summed E-state index contributed by atoms with van der Waals surface area (Å²) in [6.45, 7) is 0. The Morgan fingerprint density at radius 2 is 2.46 bits per heavy atom. The second-order valence-electron chi connectivity index (χ2n) is 2.34. The average Bonchev–Trinajstić information content (AvgIpc) is 2.09. The molecule has 1 heterocycles. The summed E-state index contributed by atoms with van der Waals surface area (Å²) in [5.74, 6) is 0.912. The number of rotatable bonds is 3. The Morgan fingerprint density at radius 1 is 1.69 bits per heavy atom. The molecular formula is C8H9ClN2OS. The van der Waals surface area contributed by atoms with Crippen LogP contribution in [0.4, 0.5) is 5.82 Å². The molecule has 0 radical (unpaired) electrons. The molecular weight excluding hydrogens is 208 g/mol. The number of carbonyl (C=O) groups is 1. The number of hydrogen-bond acceptors (Lipinski definition) is 3. The van der Waals surface area contributed by atoms with E-state index in [0.29, 0.717) is 16.6 Å². The van der Waals surface area contributed by atoms with Crippen LogP contribution in [-0.4, -0.2) is 22.9 Å². The predicted molar refractivity (Wildman–Crippen MR) is 56.3 cm³/mol. The van der Waals surface area contributed by atoms with Crippen LogP contribution in [0.5, 0.6) is 0 Å². The van der Waals surface area contributed by atoms with E-state index in [1.807, 2.05) is 6.26 Å². The van der Waals surface area contributed by atoms with Crippen molar-refractivity contribution in [3.63, 3.8) is 0 Å². The van der Waals surface area contributed by atoms with E-state index in [2.05, 4.69) is 10.3 Å². The standard InChI is InChI=1S/C8H9ClN2OS/c1-13-5-8(12)11-7-3-2-6(9)4-10-7/h2-4H,5H2,1H3,(H,10,11,12). The molecule has 0 spiro atoms. The van der Waals surface area contributed by atoms with Gasteiger partial charge < -0.3 is 5.32 Å². The van der Waals surface area contributed by atoms with Crippen LogP contribution < -0.4 is 5.32 Å². The van der Waals surface area contributed by atoms with Gasteiger partial charge in [-0.05, 0) is 18.4 Å². The zero-order valence-corrected chi connectivity index (χ0v) is 8.65. The van der Waals surface area contributed by atoms with Crippen molar-refractivity contribution in [1.82, 2.24) is 4.98 Å². The number of aromatic nitrogens is 1. The lowest BCUT2D eigenvalue weighted by Gasteiger charge is -2.01. The minimum Gasteiger partial charge on any atom is -0.310 e. The smallest absolute Gasteiger partial charge is 0.235 e. The molecule has 0 bridgehead atoms. The van der Waals surface area contributed by atoms with Crippen molar-refractivity contribution in [1.29, 1.82) is 0 Å². The monoisotopic (exact) mass is 216 g/mol. The number of thioether (sulfide) groups is 1. The molecule has 3 nitrogen and oxygen atoms in total. The van der Waals surface area contributed by atoms with Gasteiger partial charge in [0.05, 0.1) is 10.8 Å². The van der Waals surface area contributed by atoms with Gasteiger partial charge in [0.1, 0.15) is 5.82 Å². The maximum Gasteiger partial charge on any atom is 0.235 e. The molecule has 0 fully saturated rings. The highest BCUT2D eigenvalue weighted by Gasteiger charge is 2.00. The van der Waals surface area contributed by atoms with E-state index >= 15 is 0 Å². The number of anilines is 1. The van der Waals surface area contributed by atoms with Crippen molar-refractivity contribution in [2.24, 2.45) is 0 Å². The summed E-state index contributed by atoms with van der Waals surface area (Å²) in [7, 11) is 0. The molecule has 1 rings (SSSR count). The molecule has 13 heavy (non-hydrogen) atoms. The van der Waals surface area contributed by atoms with E-state index < -0.39 is 0 Å². The molecule has 0 aromatic carbocycles. The summed E-state index contributed by atoms with van der Waals surface area (Å²) < 4.78 is 0. The average molecular weight is 217 g/mol. The van der Waals surface area contributed by atoms with Gasteiger partial charge in [-0.15, -0.1) is 0 Å². The van der Waals surface area contributed by atoms with Gasteiger partial charge in [0.2, 0.25) is 5.91 Å². The maximum atomic E-state index is 11.1. The summed E-state index contributed by atoms with van der Waals surface area (Å²) in [6, 6.07) is 3.35. The van der Waals surface area contributed by atoms with E-state index in [9.17, 15) is 4.79 Å². The summed E-state index contributed by atoms with van der Waals surface area (Å²) in [5, 5.41) is 3.20. The van der Waals surface area contributed by atoms with E-state index in [0.717, 1.165) is 0 Å². The third-order valence-electron chi connectivity index (χ3n) is 1.27. The Kier molecular flexibility index (Phi) is 4.05. The summed E-state index contributed by atoms with van der Waals surface area (Å²) >= 11 is 7.10. The minimum absolute atomic E-state index is 0.0534. The molecule has 0 atom stereocenters. The first-order valence-electron chi connectivity index (χ1n) is 3.62. The summed E-state index contributed by atoms with van der Waals surface area (Å²) in [6.07, 6.45) is 3.37. The van der Waals surface area contributed by atoms with Crippen LogP contribution in [0.3, 0.4) is 0 Å². The number of hydrogen-bond donors (Lipinski definition) is 1. The van der Waals surface area contributed by atoms with Gasteiger partial charge in [0.25, 0.3) is 0 Å². The van der Waals surface area contributed by atoms with Crippen LogP contribution >= 0.6 is 23.4 Å². The fourth-order valence-corrected chi connectivity index (χ4v) is 1.21. The van der Waals surface area contributed by atoms with Crippen LogP contribution in [0.15, 0.2) is 18.3 Å². The highest BCUT2D eigenvalue weighted by Crippen LogP contribution is 2.09. The molecule has 0 saturated carbocycles. The lowest BCUT2D eigenvalue weighted by atomic mass is 10.4. The lowest BCUT2D eigenvalue weighted by molar-refractivity contribution is -0.113. The molecule has 0 aliphatic heterocycles. The minimum atomic E-state index is -0.0534. The molecule has 0 unspecified atom stereocenters. The largest absolute Gasteiger partial charge is 0.310 e. The number of halogens is 1. The zero-order chi connectivity index (χ0) is 9.68. The topological polar surface area (TPSA) is 42.0 Å². The van der Waals surface area contributed by atoms with Crippen molar-refractivity contribution in [2.45, 2.75) is 0 Å². The molecule has 0 saturated heterocycles. The molecule has 0 aliphatic rings. The van der Waals surface area contributed by atoms with E-state index in [1.165, 1.54) is 18.0 Å². The first-order chi connectivity index (χ1) is 6.22. The molecule has 1 amide bonds. The Balaban J connectivity index is 2.54. The van der Waals surface area contributed by atoms with Crippen molar-refractivity contribution >= 4 is 35.1 Å². The van der Waals surface area contributed by atoms with Crippen molar-refractivity contribution in [3.8, 4) is 0 Å². The van der Waals surface area contributed by atoms with Crippen LogP contribution in [0.2, 0.25) is 5.02 Å². The number of pyridine rings is 1. The quantitative estimate of drug-likeness (QED) is 0.841. The normalized spacial score (nSPS) is 9.69. The number of carbonyl (C=O) groups excluding carboxylic acids is 1. The first kappa shape index (κ1) is 10.3. The van der Waals surface area contributed by atoms with Gasteiger partial charge >= 0.3 is 0 Å². The first-order valence-corrected chi connectivity index (χ1v) is 5.40. The SMILES string of the molecule is CSCC(=O)Nc1ccc(Cl)cn1. The van der Waals surface area contributed by atoms with Gasteiger partial charge in [-0.1, -0.05) is 11.6 Å². The number of nitrogens with zero attached hydrogens (tertiary/aromatic N) is 1. The Hall–Kier alpha value is -0.740. The summed E-state index contributed by atoms with van der Waals surface area (Å²) in [5.41, 5.74) is 0. The van der Waals surface area contributed by atoms with E-state index in [-0.39, 0.29) is 5.91 Å². The molecule has 1 N–H and O–H groups in total. The second-order valence-corrected chi connectivity index (χ2v) is 3.65. The fourth-order valence-electron chi connectivity index (χ4n) is 0.760. The van der Waals surface area contributed by atoms with Gasteiger partial charge in [0, 0.05) is 6.20 Å². The van der Waals surface area contributed by atoms with Crippen LogP contribution in [0.25, 0.3) is 0 Å². The van der Waals surface area contributed by atoms with Crippen LogP contribution in [-0.2, 0) is 4.79 Å². The highest BCUT2D eigenvalue weighted by molar-refractivity contribution is 7.99. The fraction of sp³-hybridized carbons (Fsp3) is 0.250. The van der Waals surface area contributed by atoms with Crippen LogP contribution in [0, 0.1) is 0 Å². The lowest BCUT2D eigenvalue weighted by Crippen LogP contribution is -2.14. The van der Waals surface area contributed by atoms with Gasteiger partial charge in [-0.25, -0.2) is 4.98 Å². The number of amides is 1. The Labute approximate surface area is 85.9 Å². The predicted octanol–water partition coefficient (Wildman–Crippen LogP) is 2.04. The van der Waals surface area contributed by atoms with Crippen LogP contribution in [0.1, 0.15) is 0 Å². The van der Waals surface area contributed by atoms with Crippen molar-refractivity contribution in [2.75, 3.05) is 17.3 Å². The molecule has 1 aromatic heterocycles. The Morgan fingerprint density at radius 3 is 3.00 bits per heavy atom. The van der Waals surface area contributed by atoms with Gasteiger partial charge in [-0.2, -0.15) is 11.8 Å². The zero-order valence-electron chi connectivity index (χ0n) is 7.08. The van der Waals surface area contributed by atoms with Crippen molar-refractivity contribution < 1.29 is 4.79 Å². The molecule has 0 aliphatic carbocycles. The molecule has 5 heteroatoms. The summed E-state index contributed by atoms with van der Waals surface area (Å²) in [4.78, 5) is 15.0.